The molecule has 0 unspecified atom stereocenters. The van der Waals surface area contributed by atoms with E-state index in [-0.39, 0.29) is 23.6 Å². The zero-order valence-corrected chi connectivity index (χ0v) is 13.9. The minimum Gasteiger partial charge on any atom is -0.390 e. The fourth-order valence-electron chi connectivity index (χ4n) is 3.90. The molecule has 132 valence electrons. The summed E-state index contributed by atoms with van der Waals surface area (Å²) in [6.45, 7) is 2.22. The van der Waals surface area contributed by atoms with Crippen molar-refractivity contribution in [1.29, 1.82) is 0 Å². The molecule has 1 heterocycles. The lowest BCUT2D eigenvalue weighted by Gasteiger charge is -2.31. The van der Waals surface area contributed by atoms with E-state index in [0.717, 1.165) is 5.56 Å². The third-order valence-corrected chi connectivity index (χ3v) is 5.23. The van der Waals surface area contributed by atoms with Gasteiger partial charge < -0.3 is 15.1 Å². The van der Waals surface area contributed by atoms with E-state index < -0.39 is 12.2 Å². The van der Waals surface area contributed by atoms with Crippen molar-refractivity contribution in [3.63, 3.8) is 0 Å². The molecular weight excluding hydrogens is 311 g/mol. The van der Waals surface area contributed by atoms with Crippen molar-refractivity contribution in [2.75, 3.05) is 26.7 Å². The van der Waals surface area contributed by atoms with Crippen molar-refractivity contribution in [2.24, 2.45) is 11.8 Å². The number of amides is 1. The van der Waals surface area contributed by atoms with Gasteiger partial charge in [0.25, 0.3) is 0 Å². The summed E-state index contributed by atoms with van der Waals surface area (Å²) in [5.74, 6) is 0.379. The van der Waals surface area contributed by atoms with Gasteiger partial charge in [-0.1, -0.05) is 12.1 Å². The maximum Gasteiger partial charge on any atom is 0.236 e. The van der Waals surface area contributed by atoms with Crippen molar-refractivity contribution < 1.29 is 19.4 Å². The second kappa shape index (κ2) is 7.17. The van der Waals surface area contributed by atoms with Crippen molar-refractivity contribution in [1.82, 2.24) is 9.80 Å². The average Bonchev–Trinajstić information content (AvgIpc) is 2.93. The number of aliphatic hydroxyl groups is 2. The van der Waals surface area contributed by atoms with Crippen LogP contribution in [0.15, 0.2) is 24.3 Å². The highest BCUT2D eigenvalue weighted by molar-refractivity contribution is 5.78. The third-order valence-electron chi connectivity index (χ3n) is 5.23. The quantitative estimate of drug-likeness (QED) is 0.856. The normalized spacial score (nSPS) is 29.8. The fraction of sp³-hybridized carbons (Fsp3) is 0.611. The predicted octanol–water partition coefficient (Wildman–Crippen LogP) is 0.848. The third kappa shape index (κ3) is 3.94. The maximum atomic E-state index is 12.9. The number of hydrogen-bond donors (Lipinski definition) is 2. The van der Waals surface area contributed by atoms with Crippen LogP contribution in [0.2, 0.25) is 0 Å². The van der Waals surface area contributed by atoms with E-state index in [0.29, 0.717) is 39.0 Å². The van der Waals surface area contributed by atoms with E-state index in [9.17, 15) is 19.4 Å². The van der Waals surface area contributed by atoms with Crippen LogP contribution in [-0.2, 0) is 11.3 Å². The lowest BCUT2D eigenvalue weighted by molar-refractivity contribution is -0.131. The van der Waals surface area contributed by atoms with Crippen molar-refractivity contribution in [3.05, 3.63) is 35.6 Å². The number of hydrogen-bond acceptors (Lipinski definition) is 4. The Hall–Kier alpha value is -1.50. The molecule has 1 saturated heterocycles. The number of likely N-dealkylation sites (N-methyl/N-ethyl adjacent to an activating group) is 1. The highest BCUT2D eigenvalue weighted by Crippen LogP contribution is 2.36. The molecule has 1 aromatic rings. The maximum absolute atomic E-state index is 12.9. The van der Waals surface area contributed by atoms with Crippen LogP contribution in [0.4, 0.5) is 4.39 Å². The van der Waals surface area contributed by atoms with Crippen LogP contribution < -0.4 is 0 Å². The van der Waals surface area contributed by atoms with Gasteiger partial charge in [-0.25, -0.2) is 4.39 Å². The van der Waals surface area contributed by atoms with E-state index in [1.54, 1.807) is 12.1 Å². The summed E-state index contributed by atoms with van der Waals surface area (Å²) in [4.78, 5) is 16.3. The number of rotatable bonds is 4. The van der Waals surface area contributed by atoms with E-state index in [4.69, 9.17) is 0 Å². The SMILES string of the molecule is CN(CC(=O)N1C[C@H]2C[C@H](O)[C@H](O)C[C@H]2C1)Cc1ccc(F)cc1. The lowest BCUT2D eigenvalue weighted by Crippen LogP contribution is -2.38. The molecule has 1 amide bonds. The van der Waals surface area contributed by atoms with Crippen LogP contribution >= 0.6 is 0 Å². The molecule has 1 aromatic carbocycles. The Morgan fingerprint density at radius 3 is 2.25 bits per heavy atom. The molecule has 6 heteroatoms. The number of benzene rings is 1. The van der Waals surface area contributed by atoms with Gasteiger partial charge in [0.15, 0.2) is 0 Å². The molecule has 1 aliphatic carbocycles. The predicted molar refractivity (Wildman–Crippen MR) is 87.5 cm³/mol. The first kappa shape index (κ1) is 17.3. The highest BCUT2D eigenvalue weighted by Gasteiger charge is 2.42. The molecular formula is C18H25FN2O3. The summed E-state index contributed by atoms with van der Waals surface area (Å²) in [6, 6.07) is 6.30. The number of fused-ring (bicyclic) bond motifs is 1. The highest BCUT2D eigenvalue weighted by atomic mass is 19.1. The minimum absolute atomic E-state index is 0.0676. The van der Waals surface area contributed by atoms with Crippen molar-refractivity contribution in [2.45, 2.75) is 31.6 Å². The fourth-order valence-corrected chi connectivity index (χ4v) is 3.90. The van der Waals surface area contributed by atoms with Gasteiger partial charge >= 0.3 is 0 Å². The van der Waals surface area contributed by atoms with Crippen LogP contribution in [0.3, 0.4) is 0 Å². The number of carbonyl (C=O) groups is 1. The number of aliphatic hydroxyl groups excluding tert-OH is 2. The number of halogens is 1. The summed E-state index contributed by atoms with van der Waals surface area (Å²) >= 11 is 0. The van der Waals surface area contributed by atoms with Crippen molar-refractivity contribution >= 4 is 5.91 Å². The molecule has 4 atom stereocenters. The van der Waals surface area contributed by atoms with Gasteiger partial charge in [0.2, 0.25) is 5.91 Å². The molecule has 1 aliphatic heterocycles. The molecule has 3 rings (SSSR count). The monoisotopic (exact) mass is 336 g/mol. The topological polar surface area (TPSA) is 64.0 Å². The molecule has 0 radical (unpaired) electrons. The second-order valence-corrected chi connectivity index (χ2v) is 7.22. The van der Waals surface area contributed by atoms with Crippen LogP contribution in [0.25, 0.3) is 0 Å². The van der Waals surface area contributed by atoms with Gasteiger partial charge in [0.05, 0.1) is 18.8 Å². The van der Waals surface area contributed by atoms with E-state index in [1.165, 1.54) is 12.1 Å². The standard InChI is InChI=1S/C18H25FN2O3/c1-20(8-12-2-4-15(19)5-3-12)11-18(24)21-9-13-6-16(22)17(23)7-14(13)10-21/h2-5,13-14,16-17,22-23H,6-11H2,1H3/t13-,14+,16+,17-. The summed E-state index contributed by atoms with van der Waals surface area (Å²) < 4.78 is 12.9. The minimum atomic E-state index is -0.664. The molecule has 0 bridgehead atoms. The van der Waals surface area contributed by atoms with Crippen LogP contribution in [0.5, 0.6) is 0 Å². The Bertz CT molecular complexity index is 562. The molecule has 24 heavy (non-hydrogen) atoms. The molecule has 5 nitrogen and oxygen atoms in total. The number of likely N-dealkylation sites (tertiary alicyclic amines) is 1. The van der Waals surface area contributed by atoms with Gasteiger partial charge in [0, 0.05) is 19.6 Å². The van der Waals surface area contributed by atoms with Gasteiger partial charge in [-0.2, -0.15) is 0 Å². The van der Waals surface area contributed by atoms with Crippen LogP contribution in [0.1, 0.15) is 18.4 Å². The zero-order chi connectivity index (χ0) is 17.3. The summed E-state index contributed by atoms with van der Waals surface area (Å²) in [5.41, 5.74) is 0.966. The number of nitrogens with zero attached hydrogens (tertiary/aromatic N) is 2. The molecule has 2 aliphatic rings. The van der Waals surface area contributed by atoms with E-state index in [1.807, 2.05) is 16.8 Å². The zero-order valence-electron chi connectivity index (χ0n) is 13.9. The first-order valence-electron chi connectivity index (χ1n) is 8.49. The first-order chi connectivity index (χ1) is 11.4. The lowest BCUT2D eigenvalue weighted by atomic mass is 9.79. The Morgan fingerprint density at radius 2 is 1.71 bits per heavy atom. The average molecular weight is 336 g/mol. The summed E-state index contributed by atoms with van der Waals surface area (Å²) in [6.07, 6.45) is -0.188. The van der Waals surface area contributed by atoms with Gasteiger partial charge in [0.1, 0.15) is 5.82 Å². The van der Waals surface area contributed by atoms with Crippen LogP contribution in [0, 0.1) is 17.7 Å². The number of carbonyl (C=O) groups excluding carboxylic acids is 1. The molecule has 0 aromatic heterocycles. The summed E-state index contributed by atoms with van der Waals surface area (Å²) in [7, 11) is 1.87. The van der Waals surface area contributed by atoms with Gasteiger partial charge in [-0.05, 0) is 49.4 Å². The molecule has 2 fully saturated rings. The first-order valence-corrected chi connectivity index (χ1v) is 8.49. The van der Waals surface area contributed by atoms with E-state index >= 15 is 0 Å². The molecule has 1 saturated carbocycles. The second-order valence-electron chi connectivity index (χ2n) is 7.22. The Morgan fingerprint density at radius 1 is 1.17 bits per heavy atom. The smallest absolute Gasteiger partial charge is 0.236 e. The Kier molecular flexibility index (Phi) is 5.18. The van der Waals surface area contributed by atoms with E-state index in [2.05, 4.69) is 0 Å². The summed E-state index contributed by atoms with van der Waals surface area (Å²) in [5, 5.41) is 19.6. The largest absolute Gasteiger partial charge is 0.390 e. The van der Waals surface area contributed by atoms with Gasteiger partial charge in [-0.15, -0.1) is 0 Å². The van der Waals surface area contributed by atoms with Crippen molar-refractivity contribution in [3.8, 4) is 0 Å². The Labute approximate surface area is 141 Å². The Balaban J connectivity index is 1.51. The molecule has 0 spiro atoms. The van der Waals surface area contributed by atoms with Gasteiger partial charge in [-0.3, -0.25) is 9.69 Å². The van der Waals surface area contributed by atoms with Crippen LogP contribution in [-0.4, -0.2) is 64.8 Å². The molecule has 2 N–H and O–H groups in total.